The van der Waals surface area contributed by atoms with Crippen molar-refractivity contribution in [1.82, 2.24) is 10.6 Å². The first-order valence-corrected chi connectivity index (χ1v) is 6.30. The van der Waals surface area contributed by atoms with Crippen LogP contribution in [0.2, 0.25) is 0 Å². The average Bonchev–Trinajstić information content (AvgIpc) is 3.12. The van der Waals surface area contributed by atoms with E-state index in [2.05, 4.69) is 10.6 Å². The third-order valence-electron chi connectivity index (χ3n) is 3.07. The summed E-state index contributed by atoms with van der Waals surface area (Å²) in [6.45, 7) is 3.64. The van der Waals surface area contributed by atoms with Gasteiger partial charge in [-0.3, -0.25) is 4.79 Å². The largest absolute Gasteiger partial charge is 0.355 e. The minimum absolute atomic E-state index is 0.108. The minimum Gasteiger partial charge on any atom is -0.355 e. The first kappa shape index (κ1) is 12.1. The monoisotopic (exact) mass is 232 g/mol. The molecular formula is C14H20N2O. The Morgan fingerprint density at radius 2 is 2.06 bits per heavy atom. The maximum Gasteiger partial charge on any atom is 0.224 e. The van der Waals surface area contributed by atoms with E-state index >= 15 is 0 Å². The molecule has 3 heteroatoms. The SMILES string of the molecule is Cc1ccccc1CC(=O)NCCNC1CC1. The molecular weight excluding hydrogens is 212 g/mol. The number of nitrogens with one attached hydrogen (secondary N) is 2. The summed E-state index contributed by atoms with van der Waals surface area (Å²) in [7, 11) is 0. The van der Waals surface area contributed by atoms with Crippen LogP contribution in [0.4, 0.5) is 0 Å². The Labute approximate surface area is 103 Å². The first-order chi connectivity index (χ1) is 8.25. The van der Waals surface area contributed by atoms with Crippen LogP contribution in [0.1, 0.15) is 24.0 Å². The van der Waals surface area contributed by atoms with Crippen molar-refractivity contribution in [2.45, 2.75) is 32.2 Å². The molecule has 1 saturated carbocycles. The lowest BCUT2D eigenvalue weighted by molar-refractivity contribution is -0.120. The molecule has 0 aliphatic heterocycles. The normalized spacial score (nSPS) is 14.6. The van der Waals surface area contributed by atoms with Crippen molar-refractivity contribution in [3.63, 3.8) is 0 Å². The third kappa shape index (κ3) is 4.19. The number of aryl methyl sites for hydroxylation is 1. The van der Waals surface area contributed by atoms with E-state index in [1.54, 1.807) is 0 Å². The van der Waals surface area contributed by atoms with Gasteiger partial charge in [-0.1, -0.05) is 24.3 Å². The molecule has 1 aromatic rings. The zero-order valence-corrected chi connectivity index (χ0v) is 10.3. The van der Waals surface area contributed by atoms with E-state index in [1.807, 2.05) is 31.2 Å². The van der Waals surface area contributed by atoms with Gasteiger partial charge in [-0.25, -0.2) is 0 Å². The number of carbonyl (C=O) groups excluding carboxylic acids is 1. The molecule has 0 saturated heterocycles. The Balaban J connectivity index is 1.67. The van der Waals surface area contributed by atoms with Crippen molar-refractivity contribution in [1.29, 1.82) is 0 Å². The summed E-state index contributed by atoms with van der Waals surface area (Å²) < 4.78 is 0. The summed E-state index contributed by atoms with van der Waals surface area (Å²) in [5.74, 6) is 0.108. The van der Waals surface area contributed by atoms with Gasteiger partial charge in [-0.15, -0.1) is 0 Å². The summed E-state index contributed by atoms with van der Waals surface area (Å²) in [6, 6.07) is 8.73. The predicted octanol–water partition coefficient (Wildman–Crippen LogP) is 1.41. The van der Waals surface area contributed by atoms with E-state index in [0.29, 0.717) is 12.5 Å². The second kappa shape index (κ2) is 5.82. The highest BCUT2D eigenvalue weighted by molar-refractivity contribution is 5.78. The van der Waals surface area contributed by atoms with Crippen molar-refractivity contribution in [3.05, 3.63) is 35.4 Å². The van der Waals surface area contributed by atoms with Gasteiger partial charge in [-0.05, 0) is 30.9 Å². The fourth-order valence-electron chi connectivity index (χ4n) is 1.81. The second-order valence-corrected chi connectivity index (χ2v) is 4.68. The summed E-state index contributed by atoms with van der Waals surface area (Å²) in [4.78, 5) is 11.7. The molecule has 0 aromatic heterocycles. The van der Waals surface area contributed by atoms with Crippen molar-refractivity contribution < 1.29 is 4.79 Å². The van der Waals surface area contributed by atoms with Crippen LogP contribution >= 0.6 is 0 Å². The van der Waals surface area contributed by atoms with Crippen LogP contribution in [0.15, 0.2) is 24.3 Å². The lowest BCUT2D eigenvalue weighted by Gasteiger charge is -2.07. The molecule has 3 nitrogen and oxygen atoms in total. The first-order valence-electron chi connectivity index (χ1n) is 6.30. The number of benzene rings is 1. The Hall–Kier alpha value is -1.35. The Morgan fingerprint density at radius 3 is 2.76 bits per heavy atom. The Kier molecular flexibility index (Phi) is 4.15. The zero-order chi connectivity index (χ0) is 12.1. The molecule has 0 bridgehead atoms. The molecule has 1 aliphatic rings. The average molecular weight is 232 g/mol. The van der Waals surface area contributed by atoms with E-state index in [-0.39, 0.29) is 5.91 Å². The van der Waals surface area contributed by atoms with E-state index in [4.69, 9.17) is 0 Å². The number of hydrogen-bond donors (Lipinski definition) is 2. The van der Waals surface area contributed by atoms with Crippen molar-refractivity contribution in [2.75, 3.05) is 13.1 Å². The number of rotatable bonds is 6. The minimum atomic E-state index is 0.108. The quantitative estimate of drug-likeness (QED) is 0.728. The van der Waals surface area contributed by atoms with E-state index < -0.39 is 0 Å². The lowest BCUT2D eigenvalue weighted by Crippen LogP contribution is -2.33. The zero-order valence-electron chi connectivity index (χ0n) is 10.3. The maximum atomic E-state index is 11.7. The molecule has 0 spiro atoms. The van der Waals surface area contributed by atoms with Crippen LogP contribution < -0.4 is 10.6 Å². The summed E-state index contributed by atoms with van der Waals surface area (Å²) >= 11 is 0. The highest BCUT2D eigenvalue weighted by Gasteiger charge is 2.19. The predicted molar refractivity (Wildman–Crippen MR) is 68.9 cm³/mol. The van der Waals surface area contributed by atoms with Crippen LogP contribution in [-0.4, -0.2) is 25.0 Å². The second-order valence-electron chi connectivity index (χ2n) is 4.68. The van der Waals surface area contributed by atoms with Gasteiger partial charge in [0.15, 0.2) is 0 Å². The molecule has 1 amide bonds. The van der Waals surface area contributed by atoms with E-state index in [1.165, 1.54) is 18.4 Å². The van der Waals surface area contributed by atoms with Gasteiger partial charge in [0.1, 0.15) is 0 Å². The number of amides is 1. The van der Waals surface area contributed by atoms with Crippen molar-refractivity contribution in [3.8, 4) is 0 Å². The van der Waals surface area contributed by atoms with Crippen LogP contribution in [0.5, 0.6) is 0 Å². The molecule has 92 valence electrons. The third-order valence-corrected chi connectivity index (χ3v) is 3.07. The Morgan fingerprint density at radius 1 is 1.29 bits per heavy atom. The number of carbonyl (C=O) groups is 1. The van der Waals surface area contributed by atoms with Gasteiger partial charge in [0.05, 0.1) is 6.42 Å². The molecule has 0 radical (unpaired) electrons. The molecule has 2 N–H and O–H groups in total. The van der Waals surface area contributed by atoms with Crippen molar-refractivity contribution in [2.24, 2.45) is 0 Å². The molecule has 1 aliphatic carbocycles. The molecule has 2 rings (SSSR count). The topological polar surface area (TPSA) is 41.1 Å². The molecule has 1 fully saturated rings. The summed E-state index contributed by atoms with van der Waals surface area (Å²) in [6.07, 6.45) is 3.06. The van der Waals surface area contributed by atoms with Gasteiger partial charge >= 0.3 is 0 Å². The fourth-order valence-corrected chi connectivity index (χ4v) is 1.81. The van der Waals surface area contributed by atoms with Crippen molar-refractivity contribution >= 4 is 5.91 Å². The Bertz CT molecular complexity index is 386. The molecule has 17 heavy (non-hydrogen) atoms. The van der Waals surface area contributed by atoms with Crippen LogP contribution in [0.25, 0.3) is 0 Å². The van der Waals surface area contributed by atoms with Crippen LogP contribution in [-0.2, 0) is 11.2 Å². The molecule has 1 aromatic carbocycles. The standard InChI is InChI=1S/C14H20N2O/c1-11-4-2-3-5-12(11)10-14(17)16-9-8-15-13-6-7-13/h2-5,13,15H,6-10H2,1H3,(H,16,17). The smallest absolute Gasteiger partial charge is 0.224 e. The highest BCUT2D eigenvalue weighted by Crippen LogP contribution is 2.17. The highest BCUT2D eigenvalue weighted by atomic mass is 16.1. The molecule has 0 unspecified atom stereocenters. The fraction of sp³-hybridized carbons (Fsp3) is 0.500. The summed E-state index contributed by atoms with van der Waals surface area (Å²) in [5.41, 5.74) is 2.29. The van der Waals surface area contributed by atoms with Crippen LogP contribution in [0, 0.1) is 6.92 Å². The summed E-state index contributed by atoms with van der Waals surface area (Å²) in [5, 5.41) is 6.31. The van der Waals surface area contributed by atoms with Crippen LogP contribution in [0.3, 0.4) is 0 Å². The number of hydrogen-bond acceptors (Lipinski definition) is 2. The van der Waals surface area contributed by atoms with Gasteiger partial charge in [0.2, 0.25) is 5.91 Å². The maximum absolute atomic E-state index is 11.7. The van der Waals surface area contributed by atoms with Gasteiger partial charge in [-0.2, -0.15) is 0 Å². The van der Waals surface area contributed by atoms with E-state index in [0.717, 1.165) is 18.7 Å². The lowest BCUT2D eigenvalue weighted by atomic mass is 10.1. The molecule has 0 atom stereocenters. The van der Waals surface area contributed by atoms with Gasteiger partial charge in [0.25, 0.3) is 0 Å². The van der Waals surface area contributed by atoms with Gasteiger partial charge in [0, 0.05) is 19.1 Å². The van der Waals surface area contributed by atoms with Gasteiger partial charge < -0.3 is 10.6 Å². The molecule has 0 heterocycles. The van der Waals surface area contributed by atoms with E-state index in [9.17, 15) is 4.79 Å².